The molecule has 2 aliphatic rings. The molecule has 0 spiro atoms. The highest BCUT2D eigenvalue weighted by atomic mass is 16.4. The van der Waals surface area contributed by atoms with Crippen LogP contribution < -0.4 is 5.32 Å². The van der Waals surface area contributed by atoms with Crippen LogP contribution in [0.4, 0.5) is 4.79 Å². The number of hydrogen-bond donors (Lipinski definition) is 2. The number of carbonyl (C=O) groups is 3. The van der Waals surface area contributed by atoms with Crippen LogP contribution >= 0.6 is 0 Å². The van der Waals surface area contributed by atoms with Crippen molar-refractivity contribution in [3.05, 3.63) is 35.4 Å². The van der Waals surface area contributed by atoms with Crippen molar-refractivity contribution in [1.82, 2.24) is 15.1 Å². The number of benzene rings is 1. The molecule has 2 atom stereocenters. The molecule has 3 amide bonds. The summed E-state index contributed by atoms with van der Waals surface area (Å²) in [5.41, 5.74) is 2.45. The molecule has 0 aromatic heterocycles. The van der Waals surface area contributed by atoms with E-state index in [1.807, 2.05) is 18.2 Å². The van der Waals surface area contributed by atoms with Gasteiger partial charge in [-0.25, -0.2) is 4.79 Å². The fourth-order valence-electron chi connectivity index (χ4n) is 4.03. The van der Waals surface area contributed by atoms with Gasteiger partial charge in [-0.2, -0.15) is 0 Å². The third kappa shape index (κ3) is 4.40. The Morgan fingerprint density at radius 3 is 2.67 bits per heavy atom. The van der Waals surface area contributed by atoms with Gasteiger partial charge in [0.15, 0.2) is 0 Å². The summed E-state index contributed by atoms with van der Waals surface area (Å²) in [6, 6.07) is 7.65. The molecule has 27 heavy (non-hydrogen) atoms. The standard InChI is InChI=1S/C20H27N3O4/c1-14-17(19(25)26)7-4-11-23(14)18(24)8-10-21-20(27)22-12-9-15-5-2-3-6-16(15)13-22/h2-3,5-6,14,17H,4,7-13H2,1H3,(H,21,27)(H,25,26)/t14-,17-/m1/s1. The predicted molar refractivity (Wildman–Crippen MR) is 100 cm³/mol. The fourth-order valence-corrected chi connectivity index (χ4v) is 4.03. The van der Waals surface area contributed by atoms with Crippen molar-refractivity contribution in [3.63, 3.8) is 0 Å². The van der Waals surface area contributed by atoms with Gasteiger partial charge in [0.25, 0.3) is 0 Å². The van der Waals surface area contributed by atoms with Crippen LogP contribution in [0.15, 0.2) is 24.3 Å². The summed E-state index contributed by atoms with van der Waals surface area (Å²) in [5, 5.41) is 12.1. The van der Waals surface area contributed by atoms with Crippen molar-refractivity contribution in [1.29, 1.82) is 0 Å². The molecular weight excluding hydrogens is 346 g/mol. The number of piperidine rings is 1. The minimum absolute atomic E-state index is 0.0993. The molecule has 0 unspecified atom stereocenters. The fraction of sp³-hybridized carbons (Fsp3) is 0.550. The second-order valence-electron chi connectivity index (χ2n) is 7.34. The Balaban J connectivity index is 1.46. The lowest BCUT2D eigenvalue weighted by Gasteiger charge is -2.37. The summed E-state index contributed by atoms with van der Waals surface area (Å²) in [4.78, 5) is 39.6. The van der Waals surface area contributed by atoms with E-state index >= 15 is 0 Å². The lowest BCUT2D eigenvalue weighted by molar-refractivity contribution is -0.149. The number of amides is 3. The lowest BCUT2D eigenvalue weighted by Crippen LogP contribution is -2.50. The van der Waals surface area contributed by atoms with Crippen molar-refractivity contribution in [2.24, 2.45) is 5.92 Å². The highest BCUT2D eigenvalue weighted by Gasteiger charge is 2.35. The van der Waals surface area contributed by atoms with Gasteiger partial charge in [-0.3, -0.25) is 9.59 Å². The predicted octanol–water partition coefficient (Wildman–Crippen LogP) is 1.86. The summed E-state index contributed by atoms with van der Waals surface area (Å²) in [7, 11) is 0. The molecule has 0 radical (unpaired) electrons. The molecule has 1 aromatic rings. The molecule has 0 saturated carbocycles. The van der Waals surface area contributed by atoms with Crippen LogP contribution in [0, 0.1) is 5.92 Å². The Labute approximate surface area is 159 Å². The maximum Gasteiger partial charge on any atom is 0.317 e. The number of aliphatic carboxylic acids is 1. The molecule has 1 fully saturated rings. The average molecular weight is 373 g/mol. The van der Waals surface area contributed by atoms with E-state index < -0.39 is 11.9 Å². The summed E-state index contributed by atoms with van der Waals surface area (Å²) < 4.78 is 0. The molecule has 7 heteroatoms. The first kappa shape index (κ1) is 19.2. The summed E-state index contributed by atoms with van der Waals surface area (Å²) in [6.45, 7) is 3.89. The van der Waals surface area contributed by atoms with E-state index in [1.165, 1.54) is 5.56 Å². The van der Waals surface area contributed by atoms with Gasteiger partial charge in [0, 0.05) is 38.6 Å². The number of carbonyl (C=O) groups excluding carboxylic acids is 2. The summed E-state index contributed by atoms with van der Waals surface area (Å²) in [6.07, 6.45) is 2.33. The smallest absolute Gasteiger partial charge is 0.317 e. The molecule has 0 aliphatic carbocycles. The zero-order chi connectivity index (χ0) is 19.4. The van der Waals surface area contributed by atoms with Gasteiger partial charge < -0.3 is 20.2 Å². The molecule has 2 N–H and O–H groups in total. The normalized spacial score (nSPS) is 22.1. The molecule has 3 rings (SSSR count). The lowest BCUT2D eigenvalue weighted by atomic mass is 9.90. The van der Waals surface area contributed by atoms with Crippen LogP contribution in [-0.4, -0.2) is 58.5 Å². The second kappa shape index (κ2) is 8.41. The molecule has 1 aromatic carbocycles. The van der Waals surface area contributed by atoms with E-state index in [0.717, 1.165) is 12.0 Å². The topological polar surface area (TPSA) is 90.0 Å². The number of urea groups is 1. The number of carboxylic acids is 1. The van der Waals surface area contributed by atoms with Crippen molar-refractivity contribution >= 4 is 17.9 Å². The van der Waals surface area contributed by atoms with Gasteiger partial charge >= 0.3 is 12.0 Å². The quantitative estimate of drug-likeness (QED) is 0.843. The van der Waals surface area contributed by atoms with E-state index in [1.54, 1.807) is 16.7 Å². The van der Waals surface area contributed by atoms with Gasteiger partial charge in [-0.05, 0) is 37.3 Å². The van der Waals surface area contributed by atoms with Crippen molar-refractivity contribution < 1.29 is 19.5 Å². The highest BCUT2D eigenvalue weighted by molar-refractivity contribution is 5.80. The second-order valence-corrected chi connectivity index (χ2v) is 7.34. The van der Waals surface area contributed by atoms with E-state index in [4.69, 9.17) is 0 Å². The van der Waals surface area contributed by atoms with Crippen LogP contribution in [0.3, 0.4) is 0 Å². The summed E-state index contributed by atoms with van der Waals surface area (Å²) >= 11 is 0. The number of nitrogens with one attached hydrogen (secondary N) is 1. The highest BCUT2D eigenvalue weighted by Crippen LogP contribution is 2.24. The van der Waals surface area contributed by atoms with Gasteiger partial charge in [0.2, 0.25) is 5.91 Å². The van der Waals surface area contributed by atoms with E-state index in [9.17, 15) is 19.5 Å². The Hall–Kier alpha value is -2.57. The number of likely N-dealkylation sites (tertiary alicyclic amines) is 1. The largest absolute Gasteiger partial charge is 0.481 e. The molecule has 2 aliphatic heterocycles. The van der Waals surface area contributed by atoms with Crippen LogP contribution in [0.5, 0.6) is 0 Å². The third-order valence-corrected chi connectivity index (χ3v) is 5.66. The number of hydrogen-bond acceptors (Lipinski definition) is 3. The van der Waals surface area contributed by atoms with E-state index in [2.05, 4.69) is 11.4 Å². The number of nitrogens with zero attached hydrogens (tertiary/aromatic N) is 2. The zero-order valence-electron chi connectivity index (χ0n) is 15.7. The summed E-state index contributed by atoms with van der Waals surface area (Å²) in [5.74, 6) is -1.46. The molecule has 1 saturated heterocycles. The minimum Gasteiger partial charge on any atom is -0.481 e. The molecule has 146 valence electrons. The maximum absolute atomic E-state index is 12.5. The van der Waals surface area contributed by atoms with Gasteiger partial charge in [0.05, 0.1) is 5.92 Å². The van der Waals surface area contributed by atoms with Crippen LogP contribution in [0.25, 0.3) is 0 Å². The average Bonchev–Trinajstić information content (AvgIpc) is 2.67. The molecule has 7 nitrogen and oxygen atoms in total. The molecule has 0 bridgehead atoms. The number of rotatable bonds is 4. The van der Waals surface area contributed by atoms with Crippen LogP contribution in [0.2, 0.25) is 0 Å². The van der Waals surface area contributed by atoms with Gasteiger partial charge in [-0.1, -0.05) is 24.3 Å². The SMILES string of the molecule is C[C@@H]1[C@H](C(=O)O)CCCN1C(=O)CCNC(=O)N1CCc2ccccc2C1. The van der Waals surface area contributed by atoms with Crippen molar-refractivity contribution in [2.45, 2.75) is 45.2 Å². The Bertz CT molecular complexity index is 721. The van der Waals surface area contributed by atoms with Crippen LogP contribution in [0.1, 0.15) is 37.3 Å². The monoisotopic (exact) mass is 373 g/mol. The number of carboxylic acid groups (broad SMARTS) is 1. The Kier molecular flexibility index (Phi) is 5.98. The maximum atomic E-state index is 12.5. The van der Waals surface area contributed by atoms with E-state index in [-0.39, 0.29) is 30.9 Å². The van der Waals surface area contributed by atoms with Crippen LogP contribution in [-0.2, 0) is 22.6 Å². The number of fused-ring (bicyclic) bond motifs is 1. The minimum atomic E-state index is -0.848. The van der Waals surface area contributed by atoms with Crippen molar-refractivity contribution in [2.75, 3.05) is 19.6 Å². The molecule has 2 heterocycles. The first-order valence-electron chi connectivity index (χ1n) is 9.59. The first-order chi connectivity index (χ1) is 13.0. The van der Waals surface area contributed by atoms with E-state index in [0.29, 0.717) is 32.5 Å². The Morgan fingerprint density at radius 1 is 1.19 bits per heavy atom. The van der Waals surface area contributed by atoms with Gasteiger partial charge in [0.1, 0.15) is 0 Å². The van der Waals surface area contributed by atoms with Gasteiger partial charge in [-0.15, -0.1) is 0 Å². The molecular formula is C20H27N3O4. The first-order valence-corrected chi connectivity index (χ1v) is 9.59. The third-order valence-electron chi connectivity index (χ3n) is 5.66. The van der Waals surface area contributed by atoms with Crippen molar-refractivity contribution in [3.8, 4) is 0 Å². The zero-order valence-corrected chi connectivity index (χ0v) is 15.7. The Morgan fingerprint density at radius 2 is 1.93 bits per heavy atom.